The molecule has 0 aliphatic carbocycles. The van der Waals surface area contributed by atoms with Crippen molar-refractivity contribution in [2.45, 2.75) is 6.54 Å². The molecule has 0 saturated heterocycles. The molecule has 6 heteroatoms. The third-order valence-electron chi connectivity index (χ3n) is 4.47. The molecule has 0 aliphatic rings. The summed E-state index contributed by atoms with van der Waals surface area (Å²) in [4.78, 5) is 20.4. The van der Waals surface area contributed by atoms with E-state index in [1.165, 1.54) is 18.2 Å². The van der Waals surface area contributed by atoms with Crippen molar-refractivity contribution in [3.05, 3.63) is 101 Å². The van der Waals surface area contributed by atoms with Crippen molar-refractivity contribution in [1.82, 2.24) is 15.3 Å². The fourth-order valence-electron chi connectivity index (χ4n) is 2.98. The van der Waals surface area contributed by atoms with Crippen LogP contribution in [0.5, 0.6) is 0 Å². The van der Waals surface area contributed by atoms with Gasteiger partial charge in [0.15, 0.2) is 11.6 Å². The highest BCUT2D eigenvalue weighted by atomic mass is 19.2. The molecule has 1 amide bonds. The van der Waals surface area contributed by atoms with Crippen molar-refractivity contribution in [3.8, 4) is 0 Å². The summed E-state index contributed by atoms with van der Waals surface area (Å²) in [5.41, 5.74) is 2.41. The minimum absolute atomic E-state index is 0.0321. The predicted octanol–water partition coefficient (Wildman–Crippen LogP) is 4.70. The Morgan fingerprint density at radius 3 is 2.52 bits per heavy atom. The summed E-state index contributed by atoms with van der Waals surface area (Å²) < 4.78 is 27.9. The Balaban J connectivity index is 1.73. The van der Waals surface area contributed by atoms with Gasteiger partial charge in [-0.3, -0.25) is 4.79 Å². The highest BCUT2D eigenvalue weighted by Gasteiger charge is 2.18. The lowest BCUT2D eigenvalue weighted by Gasteiger charge is -2.08. The number of fused-ring (bicyclic) bond motifs is 1. The van der Waals surface area contributed by atoms with E-state index >= 15 is 0 Å². The summed E-state index contributed by atoms with van der Waals surface area (Å²) in [6, 6.07) is 20.5. The molecule has 0 unspecified atom stereocenters. The minimum Gasteiger partial charge on any atom is -0.348 e. The first-order chi connectivity index (χ1) is 14.1. The second kappa shape index (κ2) is 8.06. The summed E-state index contributed by atoms with van der Waals surface area (Å²) in [5.74, 6) is -2.17. The largest absolute Gasteiger partial charge is 0.348 e. The van der Waals surface area contributed by atoms with E-state index in [0.717, 1.165) is 17.1 Å². The fourth-order valence-corrected chi connectivity index (χ4v) is 2.98. The molecule has 0 saturated carbocycles. The van der Waals surface area contributed by atoms with Gasteiger partial charge in [0, 0.05) is 12.1 Å². The van der Waals surface area contributed by atoms with Gasteiger partial charge in [-0.15, -0.1) is 0 Å². The Kier molecular flexibility index (Phi) is 5.16. The van der Waals surface area contributed by atoms with Gasteiger partial charge in [0.05, 0.1) is 16.6 Å². The Hall–Kier alpha value is -3.80. The molecular formula is C23H17F2N3O. The Bertz CT molecular complexity index is 1170. The molecule has 1 heterocycles. The average Bonchev–Trinajstić information content (AvgIpc) is 3.17. The number of aromatic amines is 1. The zero-order chi connectivity index (χ0) is 20.2. The topological polar surface area (TPSA) is 57.8 Å². The van der Waals surface area contributed by atoms with Gasteiger partial charge in [0.25, 0.3) is 5.91 Å². The number of nitrogens with zero attached hydrogens (tertiary/aromatic N) is 1. The van der Waals surface area contributed by atoms with E-state index in [1.807, 2.05) is 48.5 Å². The number of H-pyrrole nitrogens is 1. The summed E-state index contributed by atoms with van der Waals surface area (Å²) in [6.07, 6.45) is 1.30. The lowest BCUT2D eigenvalue weighted by atomic mass is 10.1. The number of carbonyl (C=O) groups excluding carboxylic acids is 1. The Morgan fingerprint density at radius 1 is 0.966 bits per heavy atom. The molecule has 4 aromatic rings. The van der Waals surface area contributed by atoms with Gasteiger partial charge < -0.3 is 10.3 Å². The van der Waals surface area contributed by atoms with Crippen LogP contribution in [0.25, 0.3) is 22.7 Å². The van der Waals surface area contributed by atoms with E-state index in [4.69, 9.17) is 0 Å². The summed E-state index contributed by atoms with van der Waals surface area (Å²) in [5, 5.41) is 2.81. The van der Waals surface area contributed by atoms with Crippen molar-refractivity contribution < 1.29 is 13.6 Å². The number of imidazole rings is 1. The molecule has 3 aromatic carbocycles. The smallest absolute Gasteiger partial charge is 0.255 e. The van der Waals surface area contributed by atoms with Crippen LogP contribution in [0.15, 0.2) is 72.8 Å². The number of halogens is 2. The number of hydrogen-bond acceptors (Lipinski definition) is 2. The first-order valence-electron chi connectivity index (χ1n) is 9.05. The molecule has 4 rings (SSSR count). The standard InChI is InChI=1S/C23H17F2N3O/c24-18-10-6-9-16(21(18)25)13-17(22-27-19-11-4-5-12-20(19)28-22)23(29)26-14-15-7-2-1-3-8-15/h1-13H,14H2,(H,26,29)(H,27,28). The van der Waals surface area contributed by atoms with Crippen LogP contribution in [0.2, 0.25) is 0 Å². The zero-order valence-electron chi connectivity index (χ0n) is 15.3. The van der Waals surface area contributed by atoms with E-state index < -0.39 is 17.5 Å². The lowest BCUT2D eigenvalue weighted by molar-refractivity contribution is -0.115. The molecule has 0 atom stereocenters. The molecule has 0 bridgehead atoms. The van der Waals surface area contributed by atoms with Gasteiger partial charge in [-0.25, -0.2) is 13.8 Å². The molecule has 0 aliphatic heterocycles. The average molecular weight is 389 g/mol. The first kappa shape index (κ1) is 18.6. The van der Waals surface area contributed by atoms with Crippen LogP contribution in [-0.2, 0) is 11.3 Å². The van der Waals surface area contributed by atoms with Crippen molar-refractivity contribution in [3.63, 3.8) is 0 Å². The number of carbonyl (C=O) groups is 1. The number of nitrogens with one attached hydrogen (secondary N) is 2. The van der Waals surface area contributed by atoms with Crippen molar-refractivity contribution >= 4 is 28.6 Å². The van der Waals surface area contributed by atoms with E-state index in [0.29, 0.717) is 12.1 Å². The minimum atomic E-state index is -1.02. The number of aromatic nitrogens is 2. The normalized spacial score (nSPS) is 11.6. The molecule has 144 valence electrons. The number of rotatable bonds is 5. The van der Waals surface area contributed by atoms with Crippen LogP contribution in [-0.4, -0.2) is 15.9 Å². The van der Waals surface area contributed by atoms with Crippen LogP contribution >= 0.6 is 0 Å². The van der Waals surface area contributed by atoms with Gasteiger partial charge in [0.2, 0.25) is 0 Å². The van der Waals surface area contributed by atoms with Gasteiger partial charge in [-0.1, -0.05) is 54.6 Å². The Labute approximate surface area is 165 Å². The van der Waals surface area contributed by atoms with E-state index in [1.54, 1.807) is 6.07 Å². The first-order valence-corrected chi connectivity index (χ1v) is 9.05. The number of para-hydroxylation sites is 2. The molecule has 29 heavy (non-hydrogen) atoms. The van der Waals surface area contributed by atoms with Crippen LogP contribution in [0.3, 0.4) is 0 Å². The molecule has 1 aromatic heterocycles. The molecule has 0 radical (unpaired) electrons. The van der Waals surface area contributed by atoms with E-state index in [9.17, 15) is 13.6 Å². The third-order valence-corrected chi connectivity index (χ3v) is 4.47. The highest BCUT2D eigenvalue weighted by molar-refractivity contribution is 6.23. The SMILES string of the molecule is O=C(NCc1ccccc1)C(=Cc1cccc(F)c1F)c1nc2ccccc2[nH]1. The molecule has 2 N–H and O–H groups in total. The summed E-state index contributed by atoms with van der Waals surface area (Å²) in [6.45, 7) is 0.295. The molecule has 4 nitrogen and oxygen atoms in total. The maximum atomic E-state index is 14.2. The van der Waals surface area contributed by atoms with Crippen LogP contribution in [0.1, 0.15) is 17.0 Å². The van der Waals surface area contributed by atoms with Gasteiger partial charge in [-0.05, 0) is 29.8 Å². The van der Waals surface area contributed by atoms with Crippen molar-refractivity contribution in [1.29, 1.82) is 0 Å². The Morgan fingerprint density at radius 2 is 1.72 bits per heavy atom. The monoisotopic (exact) mass is 389 g/mol. The van der Waals surface area contributed by atoms with Gasteiger partial charge in [0.1, 0.15) is 5.82 Å². The van der Waals surface area contributed by atoms with Crippen LogP contribution in [0, 0.1) is 11.6 Å². The van der Waals surface area contributed by atoms with E-state index in [-0.39, 0.29) is 17.0 Å². The second-order valence-electron chi connectivity index (χ2n) is 6.47. The third kappa shape index (κ3) is 4.06. The second-order valence-corrected chi connectivity index (χ2v) is 6.47. The fraction of sp³-hybridized carbons (Fsp3) is 0.0435. The molecular weight excluding hydrogens is 372 g/mol. The van der Waals surface area contributed by atoms with Crippen molar-refractivity contribution in [2.75, 3.05) is 0 Å². The maximum absolute atomic E-state index is 14.2. The molecule has 0 fully saturated rings. The van der Waals surface area contributed by atoms with Crippen molar-refractivity contribution in [2.24, 2.45) is 0 Å². The van der Waals surface area contributed by atoms with Crippen LogP contribution < -0.4 is 5.32 Å². The quantitative estimate of drug-likeness (QED) is 0.486. The number of benzene rings is 3. The lowest BCUT2D eigenvalue weighted by Crippen LogP contribution is -2.24. The van der Waals surface area contributed by atoms with Gasteiger partial charge in [-0.2, -0.15) is 0 Å². The van der Waals surface area contributed by atoms with Crippen LogP contribution in [0.4, 0.5) is 8.78 Å². The maximum Gasteiger partial charge on any atom is 0.255 e. The van der Waals surface area contributed by atoms with E-state index in [2.05, 4.69) is 15.3 Å². The highest BCUT2D eigenvalue weighted by Crippen LogP contribution is 2.22. The predicted molar refractivity (Wildman–Crippen MR) is 109 cm³/mol. The number of hydrogen-bond donors (Lipinski definition) is 2. The van der Waals surface area contributed by atoms with Gasteiger partial charge >= 0.3 is 0 Å². The summed E-state index contributed by atoms with van der Waals surface area (Å²) >= 11 is 0. The molecule has 0 spiro atoms. The number of amides is 1. The zero-order valence-corrected chi connectivity index (χ0v) is 15.3. The summed E-state index contributed by atoms with van der Waals surface area (Å²) in [7, 11) is 0.